The van der Waals surface area contributed by atoms with Crippen LogP contribution in [-0.2, 0) is 0 Å². The average molecular weight is 267 g/mol. The molecule has 1 amide bonds. The number of amides is 1. The first kappa shape index (κ1) is 14.9. The van der Waals surface area contributed by atoms with Gasteiger partial charge in [-0.2, -0.15) is 0 Å². The molecule has 0 atom stereocenters. The number of rotatable bonds is 7. The number of methoxy groups -OCH3 is 1. The number of benzene rings is 1. The van der Waals surface area contributed by atoms with Gasteiger partial charge in [0, 0.05) is 18.2 Å². The van der Waals surface area contributed by atoms with Crippen molar-refractivity contribution < 1.29 is 14.5 Å². The number of unbranched alkanes of at least 4 members (excludes halogenated alkanes) is 1. The van der Waals surface area contributed by atoms with Crippen LogP contribution in [0.1, 0.15) is 23.2 Å². The molecule has 7 heteroatoms. The van der Waals surface area contributed by atoms with Crippen LogP contribution in [0.5, 0.6) is 5.75 Å². The van der Waals surface area contributed by atoms with Crippen LogP contribution >= 0.6 is 0 Å². The minimum absolute atomic E-state index is 0.129. The first-order valence-electron chi connectivity index (χ1n) is 5.91. The number of carbonyl (C=O) groups excluding carboxylic acids is 1. The third-order valence-corrected chi connectivity index (χ3v) is 2.55. The molecule has 0 saturated carbocycles. The van der Waals surface area contributed by atoms with E-state index in [2.05, 4.69) is 5.32 Å². The van der Waals surface area contributed by atoms with E-state index in [-0.39, 0.29) is 22.9 Å². The van der Waals surface area contributed by atoms with Gasteiger partial charge in [0.2, 0.25) is 0 Å². The van der Waals surface area contributed by atoms with Crippen molar-refractivity contribution in [3.63, 3.8) is 0 Å². The van der Waals surface area contributed by atoms with E-state index in [9.17, 15) is 14.9 Å². The third-order valence-electron chi connectivity index (χ3n) is 2.55. The van der Waals surface area contributed by atoms with Crippen LogP contribution in [0.2, 0.25) is 0 Å². The first-order valence-corrected chi connectivity index (χ1v) is 5.91. The molecule has 0 bridgehead atoms. The lowest BCUT2D eigenvalue weighted by Crippen LogP contribution is -2.24. The molecule has 0 aliphatic carbocycles. The highest BCUT2D eigenvalue weighted by Crippen LogP contribution is 2.27. The molecule has 0 radical (unpaired) electrons. The van der Waals surface area contributed by atoms with Crippen LogP contribution in [-0.4, -0.2) is 31.0 Å². The molecule has 0 unspecified atom stereocenters. The van der Waals surface area contributed by atoms with Crippen LogP contribution in [0.4, 0.5) is 5.69 Å². The van der Waals surface area contributed by atoms with Crippen molar-refractivity contribution in [3.05, 3.63) is 33.9 Å². The van der Waals surface area contributed by atoms with Gasteiger partial charge in [0.25, 0.3) is 5.91 Å². The highest BCUT2D eigenvalue weighted by atomic mass is 16.6. The van der Waals surface area contributed by atoms with E-state index in [1.165, 1.54) is 25.3 Å². The molecule has 104 valence electrons. The fraction of sp³-hybridized carbons (Fsp3) is 0.417. The molecular formula is C12H17N3O4. The van der Waals surface area contributed by atoms with Crippen molar-refractivity contribution >= 4 is 11.6 Å². The number of carbonyl (C=O) groups is 1. The normalized spacial score (nSPS) is 10.0. The van der Waals surface area contributed by atoms with Gasteiger partial charge in [0.15, 0.2) is 5.75 Å². The number of hydrogen-bond acceptors (Lipinski definition) is 5. The fourth-order valence-corrected chi connectivity index (χ4v) is 1.55. The maximum absolute atomic E-state index is 11.8. The molecule has 1 rings (SSSR count). The van der Waals surface area contributed by atoms with Crippen LogP contribution in [0.3, 0.4) is 0 Å². The quantitative estimate of drug-likeness (QED) is 0.436. The fourth-order valence-electron chi connectivity index (χ4n) is 1.55. The predicted octanol–water partition coefficient (Wildman–Crippen LogP) is 1.07. The SMILES string of the molecule is COc1ccc(C(=O)NCCCCN)cc1[N+](=O)[O-]. The number of nitro groups is 1. The van der Waals surface area contributed by atoms with Gasteiger partial charge in [-0.15, -0.1) is 0 Å². The predicted molar refractivity (Wildman–Crippen MR) is 70.3 cm³/mol. The third kappa shape index (κ3) is 4.22. The van der Waals surface area contributed by atoms with Crippen molar-refractivity contribution in [2.24, 2.45) is 5.73 Å². The number of nitrogens with two attached hydrogens (primary N) is 1. The smallest absolute Gasteiger partial charge is 0.311 e. The van der Waals surface area contributed by atoms with Crippen molar-refractivity contribution in [2.45, 2.75) is 12.8 Å². The molecule has 0 aromatic heterocycles. The van der Waals surface area contributed by atoms with Crippen molar-refractivity contribution in [3.8, 4) is 5.75 Å². The van der Waals surface area contributed by atoms with Gasteiger partial charge in [-0.25, -0.2) is 0 Å². The number of ether oxygens (including phenoxy) is 1. The zero-order valence-corrected chi connectivity index (χ0v) is 10.7. The second kappa shape index (κ2) is 7.32. The Morgan fingerprint density at radius 1 is 1.47 bits per heavy atom. The summed E-state index contributed by atoms with van der Waals surface area (Å²) in [6.07, 6.45) is 1.60. The van der Waals surface area contributed by atoms with E-state index in [1.807, 2.05) is 0 Å². The summed E-state index contributed by atoms with van der Waals surface area (Å²) < 4.78 is 4.87. The first-order chi connectivity index (χ1) is 9.10. The Bertz CT molecular complexity index is 462. The largest absolute Gasteiger partial charge is 0.490 e. The molecule has 0 fully saturated rings. The van der Waals surface area contributed by atoms with Crippen LogP contribution in [0.15, 0.2) is 18.2 Å². The van der Waals surface area contributed by atoms with Crippen LogP contribution < -0.4 is 15.8 Å². The van der Waals surface area contributed by atoms with E-state index >= 15 is 0 Å². The summed E-state index contributed by atoms with van der Waals surface area (Å²) in [6, 6.07) is 4.11. The summed E-state index contributed by atoms with van der Waals surface area (Å²) in [5, 5.41) is 13.5. The second-order valence-electron chi connectivity index (χ2n) is 3.90. The Morgan fingerprint density at radius 3 is 2.79 bits per heavy atom. The summed E-state index contributed by atoms with van der Waals surface area (Å²) >= 11 is 0. The molecule has 0 spiro atoms. The molecule has 0 heterocycles. The molecule has 0 aliphatic heterocycles. The highest BCUT2D eigenvalue weighted by molar-refractivity contribution is 5.95. The topological polar surface area (TPSA) is 107 Å². The van der Waals surface area contributed by atoms with Gasteiger partial charge in [0.1, 0.15) is 0 Å². The van der Waals surface area contributed by atoms with Crippen molar-refractivity contribution in [1.82, 2.24) is 5.32 Å². The number of hydrogen-bond donors (Lipinski definition) is 2. The Morgan fingerprint density at radius 2 is 2.21 bits per heavy atom. The van der Waals surface area contributed by atoms with Crippen LogP contribution in [0, 0.1) is 10.1 Å². The minimum Gasteiger partial charge on any atom is -0.490 e. The average Bonchev–Trinajstić information content (AvgIpc) is 2.42. The standard InChI is InChI=1S/C12H17N3O4/c1-19-11-5-4-9(8-10(11)15(17)18)12(16)14-7-3-2-6-13/h4-5,8H,2-3,6-7,13H2,1H3,(H,14,16). The summed E-state index contributed by atoms with van der Waals surface area (Å²) in [4.78, 5) is 22.0. The van der Waals surface area contributed by atoms with E-state index in [1.54, 1.807) is 0 Å². The van der Waals surface area contributed by atoms with Gasteiger partial charge in [-0.1, -0.05) is 0 Å². The molecule has 7 nitrogen and oxygen atoms in total. The van der Waals surface area contributed by atoms with Crippen LogP contribution in [0.25, 0.3) is 0 Å². The Hall–Kier alpha value is -2.15. The molecule has 1 aromatic rings. The van der Waals surface area contributed by atoms with Gasteiger partial charge in [0.05, 0.1) is 12.0 Å². The molecular weight excluding hydrogens is 250 g/mol. The lowest BCUT2D eigenvalue weighted by molar-refractivity contribution is -0.385. The monoisotopic (exact) mass is 267 g/mol. The summed E-state index contributed by atoms with van der Waals surface area (Å²) in [5.41, 5.74) is 5.35. The van der Waals surface area contributed by atoms with Gasteiger partial charge < -0.3 is 15.8 Å². The second-order valence-corrected chi connectivity index (χ2v) is 3.90. The van der Waals surface area contributed by atoms with E-state index < -0.39 is 4.92 Å². The Balaban J connectivity index is 2.75. The zero-order valence-electron chi connectivity index (χ0n) is 10.7. The Labute approximate surface area is 110 Å². The molecule has 0 aliphatic rings. The minimum atomic E-state index is -0.579. The van der Waals surface area contributed by atoms with Gasteiger partial charge in [-0.05, 0) is 31.5 Å². The Kier molecular flexibility index (Phi) is 5.74. The zero-order chi connectivity index (χ0) is 14.3. The molecule has 1 aromatic carbocycles. The number of nitrogens with zero attached hydrogens (tertiary/aromatic N) is 1. The van der Waals surface area contributed by atoms with Gasteiger partial charge in [-0.3, -0.25) is 14.9 Å². The number of nitro benzene ring substituents is 1. The number of nitrogens with one attached hydrogen (secondary N) is 1. The molecule has 3 N–H and O–H groups in total. The summed E-state index contributed by atoms with van der Waals surface area (Å²) in [7, 11) is 1.34. The van der Waals surface area contributed by atoms with E-state index in [4.69, 9.17) is 10.5 Å². The maximum atomic E-state index is 11.8. The summed E-state index contributed by atoms with van der Waals surface area (Å²) in [5.74, 6) is -0.215. The maximum Gasteiger partial charge on any atom is 0.311 e. The lowest BCUT2D eigenvalue weighted by atomic mass is 10.1. The molecule has 19 heavy (non-hydrogen) atoms. The van der Waals surface area contributed by atoms with Gasteiger partial charge >= 0.3 is 5.69 Å². The lowest BCUT2D eigenvalue weighted by Gasteiger charge is -2.06. The van der Waals surface area contributed by atoms with E-state index in [0.717, 1.165) is 12.8 Å². The highest BCUT2D eigenvalue weighted by Gasteiger charge is 2.17. The van der Waals surface area contributed by atoms with Crippen molar-refractivity contribution in [2.75, 3.05) is 20.2 Å². The van der Waals surface area contributed by atoms with E-state index in [0.29, 0.717) is 13.1 Å². The molecule has 0 saturated heterocycles. The summed E-state index contributed by atoms with van der Waals surface area (Å²) in [6.45, 7) is 1.07. The van der Waals surface area contributed by atoms with Crippen molar-refractivity contribution in [1.29, 1.82) is 0 Å².